The van der Waals surface area contributed by atoms with E-state index >= 15 is 0 Å². The van der Waals surface area contributed by atoms with Gasteiger partial charge in [0.1, 0.15) is 24.8 Å². The standard InChI is InChI=1S/C13H21F3N4O/c1-4-6-20(9-13(14,15)16)12-7-10(17-5-2)18-11(19-12)8-21-3/h7H,4-6,8-9H2,1-3H3,(H,17,18,19). The third-order valence-corrected chi connectivity index (χ3v) is 2.58. The number of anilines is 2. The smallest absolute Gasteiger partial charge is 0.377 e. The molecule has 0 amide bonds. The van der Waals surface area contributed by atoms with Gasteiger partial charge in [-0.25, -0.2) is 9.97 Å². The molecule has 120 valence electrons. The maximum absolute atomic E-state index is 12.7. The summed E-state index contributed by atoms with van der Waals surface area (Å²) < 4.78 is 43.0. The van der Waals surface area contributed by atoms with Crippen LogP contribution in [-0.4, -0.2) is 42.9 Å². The Bertz CT molecular complexity index is 416. The molecular weight excluding hydrogens is 285 g/mol. The third kappa shape index (κ3) is 6.16. The summed E-state index contributed by atoms with van der Waals surface area (Å²) in [6.45, 7) is 3.72. The van der Waals surface area contributed by atoms with E-state index in [4.69, 9.17) is 4.74 Å². The largest absolute Gasteiger partial charge is 0.405 e. The van der Waals surface area contributed by atoms with Gasteiger partial charge in [-0.1, -0.05) is 6.92 Å². The van der Waals surface area contributed by atoms with Crippen LogP contribution in [0, 0.1) is 0 Å². The number of nitrogens with zero attached hydrogens (tertiary/aromatic N) is 3. The maximum Gasteiger partial charge on any atom is 0.405 e. The molecule has 0 aliphatic heterocycles. The summed E-state index contributed by atoms with van der Waals surface area (Å²) in [4.78, 5) is 9.57. The van der Waals surface area contributed by atoms with Gasteiger partial charge in [0.2, 0.25) is 0 Å². The molecule has 0 aliphatic carbocycles. The van der Waals surface area contributed by atoms with Crippen LogP contribution in [0.15, 0.2) is 6.07 Å². The van der Waals surface area contributed by atoms with Gasteiger partial charge in [-0.05, 0) is 13.3 Å². The maximum atomic E-state index is 12.7. The molecule has 0 atom stereocenters. The van der Waals surface area contributed by atoms with Gasteiger partial charge in [0.25, 0.3) is 0 Å². The molecule has 0 radical (unpaired) electrons. The zero-order chi connectivity index (χ0) is 15.9. The molecule has 5 nitrogen and oxygen atoms in total. The monoisotopic (exact) mass is 306 g/mol. The van der Waals surface area contributed by atoms with Gasteiger partial charge in [-0.15, -0.1) is 0 Å². The van der Waals surface area contributed by atoms with Crippen LogP contribution >= 0.6 is 0 Å². The topological polar surface area (TPSA) is 50.3 Å². The average Bonchev–Trinajstić information content (AvgIpc) is 2.37. The molecule has 0 unspecified atom stereocenters. The van der Waals surface area contributed by atoms with Crippen LogP contribution in [0.4, 0.5) is 24.8 Å². The molecule has 21 heavy (non-hydrogen) atoms. The number of nitrogens with one attached hydrogen (secondary N) is 1. The molecule has 0 aliphatic rings. The van der Waals surface area contributed by atoms with E-state index in [2.05, 4.69) is 15.3 Å². The van der Waals surface area contributed by atoms with Crippen LogP contribution in [0.1, 0.15) is 26.1 Å². The first kappa shape index (κ1) is 17.5. The molecule has 1 aromatic heterocycles. The van der Waals surface area contributed by atoms with Gasteiger partial charge in [-0.3, -0.25) is 0 Å². The van der Waals surface area contributed by atoms with Gasteiger partial charge in [0.05, 0.1) is 0 Å². The number of ether oxygens (including phenoxy) is 1. The minimum absolute atomic E-state index is 0.151. The highest BCUT2D eigenvalue weighted by molar-refractivity contribution is 5.49. The van der Waals surface area contributed by atoms with E-state index in [-0.39, 0.29) is 19.0 Å². The second-order valence-electron chi connectivity index (χ2n) is 4.53. The predicted octanol–water partition coefficient (Wildman–Crippen LogP) is 2.83. The first-order valence-corrected chi connectivity index (χ1v) is 6.82. The average molecular weight is 306 g/mol. The minimum atomic E-state index is -4.28. The van der Waals surface area contributed by atoms with Gasteiger partial charge >= 0.3 is 6.18 Å². The summed E-state index contributed by atoms with van der Waals surface area (Å²) in [6.07, 6.45) is -3.68. The van der Waals surface area contributed by atoms with Crippen molar-refractivity contribution >= 4 is 11.6 Å². The van der Waals surface area contributed by atoms with E-state index in [9.17, 15) is 13.2 Å². The van der Waals surface area contributed by atoms with Crippen molar-refractivity contribution in [2.45, 2.75) is 33.1 Å². The summed E-state index contributed by atoms with van der Waals surface area (Å²) in [6, 6.07) is 1.53. The molecule has 0 saturated carbocycles. The van der Waals surface area contributed by atoms with E-state index in [1.54, 1.807) is 0 Å². The lowest BCUT2D eigenvalue weighted by Crippen LogP contribution is -2.35. The Kier molecular flexibility index (Phi) is 6.67. The van der Waals surface area contributed by atoms with Crippen molar-refractivity contribution in [2.24, 2.45) is 0 Å². The molecule has 0 bridgehead atoms. The number of halogens is 3. The SMILES string of the molecule is CCCN(CC(F)(F)F)c1cc(NCC)nc(COC)n1. The third-order valence-electron chi connectivity index (χ3n) is 2.58. The van der Waals surface area contributed by atoms with E-state index in [1.807, 2.05) is 13.8 Å². The molecule has 0 spiro atoms. The number of rotatable bonds is 8. The molecule has 1 aromatic rings. The van der Waals surface area contributed by atoms with Gasteiger partial charge in [-0.2, -0.15) is 13.2 Å². The first-order chi connectivity index (χ1) is 9.89. The van der Waals surface area contributed by atoms with Crippen LogP contribution < -0.4 is 10.2 Å². The fourth-order valence-corrected chi connectivity index (χ4v) is 1.87. The van der Waals surface area contributed by atoms with Crippen LogP contribution in [0.25, 0.3) is 0 Å². The van der Waals surface area contributed by atoms with Crippen LogP contribution in [0.5, 0.6) is 0 Å². The predicted molar refractivity (Wildman–Crippen MR) is 75.5 cm³/mol. The number of alkyl halides is 3. The Labute approximate surface area is 122 Å². The van der Waals surface area contributed by atoms with Crippen molar-refractivity contribution in [2.75, 3.05) is 37.0 Å². The van der Waals surface area contributed by atoms with Crippen molar-refractivity contribution in [3.05, 3.63) is 11.9 Å². The van der Waals surface area contributed by atoms with Gasteiger partial charge in [0, 0.05) is 26.3 Å². The zero-order valence-electron chi connectivity index (χ0n) is 12.5. The second kappa shape index (κ2) is 8.02. The van der Waals surface area contributed by atoms with Crippen molar-refractivity contribution < 1.29 is 17.9 Å². The molecule has 8 heteroatoms. The van der Waals surface area contributed by atoms with Gasteiger partial charge in [0.15, 0.2) is 5.82 Å². The number of aromatic nitrogens is 2. The highest BCUT2D eigenvalue weighted by atomic mass is 19.4. The summed E-state index contributed by atoms with van der Waals surface area (Å²) in [7, 11) is 1.49. The zero-order valence-corrected chi connectivity index (χ0v) is 12.5. The lowest BCUT2D eigenvalue weighted by atomic mass is 10.3. The highest BCUT2D eigenvalue weighted by Gasteiger charge is 2.31. The van der Waals surface area contributed by atoms with Crippen molar-refractivity contribution in [1.29, 1.82) is 0 Å². The molecule has 1 heterocycles. The molecule has 0 aromatic carbocycles. The minimum Gasteiger partial charge on any atom is -0.377 e. The Morgan fingerprint density at radius 2 is 2.00 bits per heavy atom. The lowest BCUT2D eigenvalue weighted by Gasteiger charge is -2.25. The van der Waals surface area contributed by atoms with Crippen LogP contribution in [0.3, 0.4) is 0 Å². The van der Waals surface area contributed by atoms with E-state index in [0.717, 1.165) is 0 Å². The quantitative estimate of drug-likeness (QED) is 0.800. The van der Waals surface area contributed by atoms with E-state index < -0.39 is 12.7 Å². The normalized spacial score (nSPS) is 11.5. The van der Waals surface area contributed by atoms with E-state index in [0.29, 0.717) is 24.6 Å². The number of hydrogen-bond acceptors (Lipinski definition) is 5. The Morgan fingerprint density at radius 3 is 2.52 bits per heavy atom. The molecular formula is C13H21F3N4O. The first-order valence-electron chi connectivity index (χ1n) is 6.82. The lowest BCUT2D eigenvalue weighted by molar-refractivity contribution is -0.119. The van der Waals surface area contributed by atoms with Crippen molar-refractivity contribution in [1.82, 2.24) is 9.97 Å². The van der Waals surface area contributed by atoms with E-state index in [1.165, 1.54) is 18.1 Å². The van der Waals surface area contributed by atoms with Crippen molar-refractivity contribution in [3.63, 3.8) is 0 Å². The summed E-state index contributed by atoms with van der Waals surface area (Å²) >= 11 is 0. The summed E-state index contributed by atoms with van der Waals surface area (Å²) in [5.41, 5.74) is 0. The van der Waals surface area contributed by atoms with Crippen molar-refractivity contribution in [3.8, 4) is 0 Å². The Hall–Kier alpha value is -1.57. The highest BCUT2D eigenvalue weighted by Crippen LogP contribution is 2.23. The molecule has 1 N–H and O–H groups in total. The Morgan fingerprint density at radius 1 is 1.29 bits per heavy atom. The number of methoxy groups -OCH3 is 1. The molecule has 1 rings (SSSR count). The summed E-state index contributed by atoms with van der Waals surface area (Å²) in [5, 5.41) is 2.99. The fraction of sp³-hybridized carbons (Fsp3) is 0.692. The Balaban J connectivity index is 3.09. The van der Waals surface area contributed by atoms with Crippen LogP contribution in [-0.2, 0) is 11.3 Å². The second-order valence-corrected chi connectivity index (χ2v) is 4.53. The molecule has 0 saturated heterocycles. The van der Waals surface area contributed by atoms with Crippen LogP contribution in [0.2, 0.25) is 0 Å². The summed E-state index contributed by atoms with van der Waals surface area (Å²) in [5.74, 6) is 1.11. The fourth-order valence-electron chi connectivity index (χ4n) is 1.87. The molecule has 0 fully saturated rings. The van der Waals surface area contributed by atoms with Gasteiger partial charge < -0.3 is 15.0 Å². The number of hydrogen-bond donors (Lipinski definition) is 1.